The smallest absolute Gasteiger partial charge is 0.408 e. The zero-order chi connectivity index (χ0) is 51.1. The van der Waals surface area contributed by atoms with Gasteiger partial charge in [0.2, 0.25) is 11.8 Å². The molecule has 4 aliphatic heterocycles. The molecule has 0 bridgehead atoms. The normalized spacial score (nSPS) is 17.2. The van der Waals surface area contributed by atoms with E-state index in [1.807, 2.05) is 48.8 Å². The number of rotatable bonds is 19. The molecule has 0 aliphatic carbocycles. The molecule has 18 nitrogen and oxygen atoms in total. The van der Waals surface area contributed by atoms with E-state index in [1.165, 1.54) is 20.3 Å². The third-order valence-electron chi connectivity index (χ3n) is 12.5. The quantitative estimate of drug-likeness (QED) is 0.0608. The van der Waals surface area contributed by atoms with Crippen molar-refractivity contribution >= 4 is 70.4 Å². The first-order valence-corrected chi connectivity index (χ1v) is 23.5. The zero-order valence-corrected chi connectivity index (χ0v) is 40.9. The molecule has 4 aliphatic rings. The van der Waals surface area contributed by atoms with Crippen LogP contribution in [0.5, 0.6) is 28.7 Å². The van der Waals surface area contributed by atoms with Crippen molar-refractivity contribution in [3.63, 3.8) is 0 Å². The van der Waals surface area contributed by atoms with Crippen molar-refractivity contribution in [3.05, 3.63) is 120 Å². The summed E-state index contributed by atoms with van der Waals surface area (Å²) >= 11 is 0. The molecule has 0 saturated carbocycles. The first-order chi connectivity index (χ1) is 34.8. The molecule has 0 fully saturated rings. The van der Waals surface area contributed by atoms with Gasteiger partial charge in [0, 0.05) is 61.9 Å². The van der Waals surface area contributed by atoms with E-state index in [9.17, 15) is 24.0 Å². The average molecular weight is 980 g/mol. The van der Waals surface area contributed by atoms with Gasteiger partial charge < -0.3 is 54.2 Å². The fraction of sp³-hybridized carbons (Fsp3) is 0.315. The Kier molecular flexibility index (Phi) is 15.4. The second-order valence-electron chi connectivity index (χ2n) is 17.7. The molecule has 5 amide bonds. The Hall–Kier alpha value is -8.41. The number of hydrogen-bond donors (Lipinski definition) is 3. The van der Waals surface area contributed by atoms with Crippen LogP contribution in [0.2, 0.25) is 0 Å². The maximum Gasteiger partial charge on any atom is 0.408 e. The summed E-state index contributed by atoms with van der Waals surface area (Å²) < 4.78 is 33.9. The number of ether oxygens (including phenoxy) is 6. The van der Waals surface area contributed by atoms with Crippen LogP contribution in [0.25, 0.3) is 11.1 Å². The molecule has 0 saturated heterocycles. The number of hydrogen-bond acceptors (Lipinski definition) is 13. The number of fused-ring (bicyclic) bond motifs is 4. The number of benzene rings is 4. The number of nitrogens with one attached hydrogen (secondary N) is 3. The summed E-state index contributed by atoms with van der Waals surface area (Å²) in [7, 11) is 4.66. The monoisotopic (exact) mass is 979 g/mol. The van der Waals surface area contributed by atoms with E-state index in [4.69, 9.17) is 38.4 Å². The lowest BCUT2D eigenvalue weighted by Gasteiger charge is -2.23. The second-order valence-corrected chi connectivity index (χ2v) is 17.7. The first-order valence-electron chi connectivity index (χ1n) is 23.5. The van der Waals surface area contributed by atoms with E-state index in [-0.39, 0.29) is 49.6 Å². The predicted molar refractivity (Wildman–Crippen MR) is 272 cm³/mol. The molecular weight excluding hydrogens is 923 g/mol. The average Bonchev–Trinajstić information content (AvgIpc) is 3.97. The molecule has 374 valence electrons. The molecule has 0 spiro atoms. The van der Waals surface area contributed by atoms with Crippen molar-refractivity contribution in [1.29, 1.82) is 0 Å². The molecule has 8 rings (SSSR count). The highest BCUT2D eigenvalue weighted by Gasteiger charge is 2.35. The van der Waals surface area contributed by atoms with E-state index < -0.39 is 30.0 Å². The van der Waals surface area contributed by atoms with Crippen molar-refractivity contribution in [2.75, 3.05) is 46.5 Å². The van der Waals surface area contributed by atoms with Crippen molar-refractivity contribution in [2.24, 2.45) is 15.9 Å². The SMILES string of the molecule is C=CCOC(=O)NC(C(=O)NC(C)C(=O)Nc1ccc(C2=CN3C(=O)c4cc(OC)c(OCCCOc5cc6c(cc5OC)C(=O)N5C=C(c7ccc(OC)cc7)CC5C=N6)cc4N=CC3C2)cc1)C(C)C. The summed E-state index contributed by atoms with van der Waals surface area (Å²) in [6.45, 7) is 9.09. The molecule has 0 aromatic heterocycles. The number of carbonyl (C=O) groups excluding carboxylic acids is 5. The Morgan fingerprint density at radius 1 is 0.694 bits per heavy atom. The van der Waals surface area contributed by atoms with Gasteiger partial charge in [0.1, 0.15) is 24.4 Å². The standard InChI is InChI=1S/C54H57N7O11/c1-8-18-72-54(66)59-49(31(2)3)51(63)57-32(4)50(62)58-37-14-10-33(11-15-37)35-21-38-27-55-43-25-47(45(68-6)23-41(43)52(64)60(38)29-35)70-19-9-20-71-48-26-44-42(24-46(48)69-7)53(65)61-30-36(22-39(61)28-56-44)34-12-16-40(67-5)17-13-34/h8,10-17,23-32,38-39,49H,1,9,18-22H2,2-7H3,(H,57,63)(H,58,62)(H,59,66). The first kappa shape index (κ1) is 50.0. The molecule has 4 aromatic rings. The molecular formula is C54H57N7O11. The number of carbonyl (C=O) groups is 5. The molecule has 4 heterocycles. The lowest BCUT2D eigenvalue weighted by molar-refractivity contribution is -0.128. The summed E-state index contributed by atoms with van der Waals surface area (Å²) in [5.74, 6) is 0.716. The number of aliphatic imine (C=N–C) groups is 2. The molecule has 4 unspecified atom stereocenters. The molecule has 18 heteroatoms. The third kappa shape index (κ3) is 11.0. The van der Waals surface area contributed by atoms with Crippen molar-refractivity contribution in [1.82, 2.24) is 20.4 Å². The highest BCUT2D eigenvalue weighted by atomic mass is 16.5. The summed E-state index contributed by atoms with van der Waals surface area (Å²) in [6, 6.07) is 19.2. The van der Waals surface area contributed by atoms with E-state index in [0.717, 1.165) is 28.0 Å². The topological polar surface area (TPSA) is 208 Å². The van der Waals surface area contributed by atoms with Crippen LogP contribution in [-0.2, 0) is 14.3 Å². The van der Waals surface area contributed by atoms with Gasteiger partial charge in [-0.2, -0.15) is 0 Å². The fourth-order valence-corrected chi connectivity index (χ4v) is 8.60. The Balaban J connectivity index is 0.844. The highest BCUT2D eigenvalue weighted by molar-refractivity contribution is 6.07. The van der Waals surface area contributed by atoms with Crippen molar-refractivity contribution < 1.29 is 52.4 Å². The molecule has 72 heavy (non-hydrogen) atoms. The minimum absolute atomic E-state index is 0.00543. The van der Waals surface area contributed by atoms with Crippen LogP contribution >= 0.6 is 0 Å². The predicted octanol–water partition coefficient (Wildman–Crippen LogP) is 7.88. The van der Waals surface area contributed by atoms with Crippen LogP contribution in [0.15, 0.2) is 108 Å². The van der Waals surface area contributed by atoms with Gasteiger partial charge in [-0.1, -0.05) is 50.8 Å². The van der Waals surface area contributed by atoms with Crippen molar-refractivity contribution in [3.8, 4) is 28.7 Å². The summed E-state index contributed by atoms with van der Waals surface area (Å²) in [6.07, 6.45) is 9.50. The fourth-order valence-electron chi connectivity index (χ4n) is 8.60. The van der Waals surface area contributed by atoms with Gasteiger partial charge in [0.15, 0.2) is 23.0 Å². The minimum Gasteiger partial charge on any atom is -0.497 e. The van der Waals surface area contributed by atoms with Gasteiger partial charge in [-0.05, 0) is 71.5 Å². The molecule has 0 radical (unpaired) electrons. The van der Waals surface area contributed by atoms with Crippen LogP contribution in [-0.4, -0.2) is 117 Å². The summed E-state index contributed by atoms with van der Waals surface area (Å²) in [4.78, 5) is 78.8. The van der Waals surface area contributed by atoms with Gasteiger partial charge in [-0.25, -0.2) is 4.79 Å². The third-order valence-corrected chi connectivity index (χ3v) is 12.5. The van der Waals surface area contributed by atoms with E-state index in [0.29, 0.717) is 70.4 Å². The Morgan fingerprint density at radius 3 is 1.68 bits per heavy atom. The second kappa shape index (κ2) is 22.1. The zero-order valence-electron chi connectivity index (χ0n) is 40.9. The van der Waals surface area contributed by atoms with Crippen LogP contribution < -0.4 is 39.6 Å². The van der Waals surface area contributed by atoms with Gasteiger partial charge in [0.25, 0.3) is 11.8 Å². The van der Waals surface area contributed by atoms with E-state index in [1.54, 1.807) is 86.5 Å². The highest BCUT2D eigenvalue weighted by Crippen LogP contribution is 2.42. The van der Waals surface area contributed by atoms with Crippen LogP contribution in [0, 0.1) is 5.92 Å². The number of alkyl carbamates (subject to hydrolysis) is 1. The van der Waals surface area contributed by atoms with Gasteiger partial charge in [-0.3, -0.25) is 29.2 Å². The lowest BCUT2D eigenvalue weighted by Crippen LogP contribution is -2.53. The van der Waals surface area contributed by atoms with Gasteiger partial charge in [-0.15, -0.1) is 0 Å². The minimum atomic E-state index is -0.918. The summed E-state index contributed by atoms with van der Waals surface area (Å²) in [5.41, 5.74) is 6.00. The number of methoxy groups -OCH3 is 3. The Morgan fingerprint density at radius 2 is 1.21 bits per heavy atom. The van der Waals surface area contributed by atoms with Crippen molar-refractivity contribution in [2.45, 2.75) is 64.2 Å². The number of amides is 5. The maximum absolute atomic E-state index is 14.0. The van der Waals surface area contributed by atoms with Gasteiger partial charge in [0.05, 0.1) is 69.1 Å². The molecule has 4 atom stereocenters. The molecule has 3 N–H and O–H groups in total. The van der Waals surface area contributed by atoms with Crippen LogP contribution in [0.4, 0.5) is 21.9 Å². The maximum atomic E-state index is 14.0. The number of anilines is 1. The Labute approximate surface area is 417 Å². The lowest BCUT2D eigenvalue weighted by atomic mass is 10.0. The van der Waals surface area contributed by atoms with E-state index >= 15 is 0 Å². The summed E-state index contributed by atoms with van der Waals surface area (Å²) in [5, 5.41) is 8.00. The van der Waals surface area contributed by atoms with Crippen LogP contribution in [0.1, 0.15) is 71.9 Å². The van der Waals surface area contributed by atoms with E-state index in [2.05, 4.69) is 22.5 Å². The van der Waals surface area contributed by atoms with Gasteiger partial charge >= 0.3 is 6.09 Å². The molecule has 4 aromatic carbocycles. The largest absolute Gasteiger partial charge is 0.497 e. The Bertz CT molecular complexity index is 2870. The number of nitrogens with zero attached hydrogens (tertiary/aromatic N) is 4. The van der Waals surface area contributed by atoms with Crippen LogP contribution in [0.3, 0.4) is 0 Å².